The van der Waals surface area contributed by atoms with Crippen LogP contribution in [0.4, 0.5) is 14.9 Å². The van der Waals surface area contributed by atoms with Crippen molar-refractivity contribution in [3.05, 3.63) is 74.9 Å². The van der Waals surface area contributed by atoms with Crippen LogP contribution in [-0.2, 0) is 6.42 Å². The van der Waals surface area contributed by atoms with Gasteiger partial charge in [-0.15, -0.1) is 0 Å². The molecule has 150 valence electrons. The van der Waals surface area contributed by atoms with Crippen LogP contribution in [-0.4, -0.2) is 23.0 Å². The minimum Gasteiger partial charge on any atom is -0.325 e. The van der Waals surface area contributed by atoms with Crippen molar-refractivity contribution < 1.29 is 9.18 Å². The molecule has 0 saturated heterocycles. The van der Waals surface area contributed by atoms with Crippen molar-refractivity contribution in [2.24, 2.45) is 5.92 Å². The van der Waals surface area contributed by atoms with E-state index in [0.717, 1.165) is 29.5 Å². The number of amides is 2. The van der Waals surface area contributed by atoms with Gasteiger partial charge in [0.05, 0.1) is 11.1 Å². The molecule has 3 aromatic rings. The maximum absolute atomic E-state index is 13.4. The fraction of sp³-hybridized carbons (Fsp3) is 0.273. The molecule has 1 aliphatic carbocycles. The summed E-state index contributed by atoms with van der Waals surface area (Å²) in [5.41, 5.74) is 2.17. The first-order valence-corrected chi connectivity index (χ1v) is 9.85. The number of nitrogens with one attached hydrogen (secondary N) is 2. The molecule has 5 nitrogen and oxygen atoms in total. The molecule has 1 unspecified atom stereocenters. The Labute approximate surface area is 172 Å². The molecule has 2 aromatic carbocycles. The maximum atomic E-state index is 13.4. The predicted molar refractivity (Wildman–Crippen MR) is 113 cm³/mol. The van der Waals surface area contributed by atoms with E-state index in [0.29, 0.717) is 17.0 Å². The van der Waals surface area contributed by atoms with Crippen LogP contribution in [0.1, 0.15) is 30.6 Å². The largest absolute Gasteiger partial charge is 0.325 e. The summed E-state index contributed by atoms with van der Waals surface area (Å²) in [7, 11) is 1.73. The Balaban J connectivity index is 1.71. The number of pyridine rings is 1. The number of hydrogen-bond acceptors (Lipinski definition) is 2. The number of aromatic nitrogens is 1. The summed E-state index contributed by atoms with van der Waals surface area (Å²) in [6.07, 6.45) is 1.53. The van der Waals surface area contributed by atoms with Crippen molar-refractivity contribution in [1.29, 1.82) is 0 Å². The minimum absolute atomic E-state index is 0.0503. The number of carbonyl (C=O) groups excluding carboxylic acids is 1. The Kier molecular flexibility index (Phi) is 5.04. The van der Waals surface area contributed by atoms with Crippen molar-refractivity contribution in [2.75, 3.05) is 12.4 Å². The van der Waals surface area contributed by atoms with Gasteiger partial charge in [0, 0.05) is 29.4 Å². The molecule has 2 N–H and O–H groups in total. The first-order valence-electron chi connectivity index (χ1n) is 9.47. The highest BCUT2D eigenvalue weighted by molar-refractivity contribution is 6.31. The number of urea groups is 1. The quantitative estimate of drug-likeness (QED) is 0.613. The zero-order valence-electron chi connectivity index (χ0n) is 16.1. The lowest BCUT2D eigenvalue weighted by Crippen LogP contribution is -2.38. The SMILES string of the molecule is C[C@@H]1Cc2[nH]c(=O)c3ccccc3c2C(N(C)C(=O)Nc2ccc(F)c(Cl)c2)C1. The number of rotatable bonds is 2. The van der Waals surface area contributed by atoms with E-state index in [1.54, 1.807) is 18.0 Å². The third-order valence-corrected chi connectivity index (χ3v) is 5.81. The van der Waals surface area contributed by atoms with Gasteiger partial charge in [-0.05, 0) is 48.4 Å². The molecule has 0 saturated carbocycles. The highest BCUT2D eigenvalue weighted by atomic mass is 35.5. The number of fused-ring (bicyclic) bond motifs is 3. The molecule has 1 heterocycles. The Hall–Kier alpha value is -2.86. The van der Waals surface area contributed by atoms with Crippen LogP contribution in [0.5, 0.6) is 0 Å². The second-order valence-corrected chi connectivity index (χ2v) is 8.03. The van der Waals surface area contributed by atoms with Gasteiger partial charge in [-0.2, -0.15) is 0 Å². The fourth-order valence-electron chi connectivity index (χ4n) is 4.10. The third-order valence-electron chi connectivity index (χ3n) is 5.52. The smallest absolute Gasteiger partial charge is 0.322 e. The van der Waals surface area contributed by atoms with Crippen molar-refractivity contribution in [3.8, 4) is 0 Å². The van der Waals surface area contributed by atoms with E-state index in [9.17, 15) is 14.0 Å². The summed E-state index contributed by atoms with van der Waals surface area (Å²) in [5.74, 6) is -0.233. The standard InChI is InChI=1S/C22H21ClFN3O2/c1-12-9-18-20(14-5-3-4-6-15(14)21(28)26-18)19(10-12)27(2)22(29)25-13-7-8-17(24)16(23)11-13/h3-8,11-12,19H,9-10H2,1-2H3,(H,25,29)(H,26,28)/t12-,19?/m1/s1. The molecular weight excluding hydrogens is 393 g/mol. The molecule has 0 aliphatic heterocycles. The van der Waals surface area contributed by atoms with Crippen LogP contribution >= 0.6 is 11.6 Å². The van der Waals surface area contributed by atoms with Crippen LogP contribution < -0.4 is 10.9 Å². The van der Waals surface area contributed by atoms with Crippen LogP contribution in [0.25, 0.3) is 10.8 Å². The minimum atomic E-state index is -0.538. The highest BCUT2D eigenvalue weighted by Gasteiger charge is 2.32. The Bertz CT molecular complexity index is 1160. The topological polar surface area (TPSA) is 65.2 Å². The van der Waals surface area contributed by atoms with Crippen LogP contribution in [0.3, 0.4) is 0 Å². The van der Waals surface area contributed by atoms with E-state index in [1.165, 1.54) is 18.2 Å². The number of carbonyl (C=O) groups is 1. The molecule has 2 amide bonds. The summed E-state index contributed by atoms with van der Waals surface area (Å²) < 4.78 is 13.4. The molecule has 29 heavy (non-hydrogen) atoms. The molecule has 0 bridgehead atoms. The van der Waals surface area contributed by atoms with E-state index in [1.807, 2.05) is 18.2 Å². The molecule has 1 aromatic heterocycles. The lowest BCUT2D eigenvalue weighted by atomic mass is 9.81. The number of hydrogen-bond donors (Lipinski definition) is 2. The van der Waals surface area contributed by atoms with Crippen LogP contribution in [0.2, 0.25) is 5.02 Å². The molecule has 1 aliphatic rings. The van der Waals surface area contributed by atoms with Gasteiger partial charge in [-0.25, -0.2) is 9.18 Å². The first kappa shape index (κ1) is 19.5. The Morgan fingerprint density at radius 2 is 1.97 bits per heavy atom. The summed E-state index contributed by atoms with van der Waals surface area (Å²) >= 11 is 5.82. The average Bonchev–Trinajstić information content (AvgIpc) is 2.69. The van der Waals surface area contributed by atoms with E-state index >= 15 is 0 Å². The Morgan fingerprint density at radius 1 is 1.24 bits per heavy atom. The lowest BCUT2D eigenvalue weighted by Gasteiger charge is -2.36. The van der Waals surface area contributed by atoms with Crippen LogP contribution in [0.15, 0.2) is 47.3 Å². The van der Waals surface area contributed by atoms with Gasteiger partial charge in [0.1, 0.15) is 5.82 Å². The second kappa shape index (κ2) is 7.52. The summed E-state index contributed by atoms with van der Waals surface area (Å²) in [5, 5.41) is 4.21. The van der Waals surface area contributed by atoms with Crippen molar-refractivity contribution in [2.45, 2.75) is 25.8 Å². The fourth-order valence-corrected chi connectivity index (χ4v) is 4.28. The molecule has 2 atom stereocenters. The van der Waals surface area contributed by atoms with E-state index in [-0.39, 0.29) is 22.7 Å². The molecule has 7 heteroatoms. The maximum Gasteiger partial charge on any atom is 0.322 e. The summed E-state index contributed by atoms with van der Waals surface area (Å²) in [6.45, 7) is 2.11. The van der Waals surface area contributed by atoms with Gasteiger partial charge in [-0.1, -0.05) is 36.7 Å². The zero-order valence-corrected chi connectivity index (χ0v) is 16.9. The van der Waals surface area contributed by atoms with Gasteiger partial charge in [0.2, 0.25) is 0 Å². The van der Waals surface area contributed by atoms with Gasteiger partial charge < -0.3 is 15.2 Å². The van der Waals surface area contributed by atoms with Crippen molar-refractivity contribution >= 4 is 34.1 Å². The van der Waals surface area contributed by atoms with E-state index in [4.69, 9.17) is 11.6 Å². The van der Waals surface area contributed by atoms with Crippen molar-refractivity contribution in [1.82, 2.24) is 9.88 Å². The lowest BCUT2D eigenvalue weighted by molar-refractivity contribution is 0.189. The number of nitrogens with zero attached hydrogens (tertiary/aromatic N) is 1. The summed E-state index contributed by atoms with van der Waals surface area (Å²) in [4.78, 5) is 30.1. The van der Waals surface area contributed by atoms with Gasteiger partial charge >= 0.3 is 6.03 Å². The predicted octanol–water partition coefficient (Wildman–Crippen LogP) is 5.11. The number of aromatic amines is 1. The normalized spacial score (nSPS) is 18.3. The van der Waals surface area contributed by atoms with Crippen LogP contribution in [0, 0.1) is 11.7 Å². The molecular formula is C22H21ClFN3O2. The number of anilines is 1. The van der Waals surface area contributed by atoms with E-state index < -0.39 is 5.82 Å². The Morgan fingerprint density at radius 3 is 2.69 bits per heavy atom. The molecule has 4 rings (SSSR count). The van der Waals surface area contributed by atoms with Gasteiger partial charge in [0.25, 0.3) is 5.56 Å². The first-order chi connectivity index (χ1) is 13.8. The number of H-pyrrole nitrogens is 1. The molecule has 0 fully saturated rings. The second-order valence-electron chi connectivity index (χ2n) is 7.62. The van der Waals surface area contributed by atoms with Gasteiger partial charge in [0.15, 0.2) is 0 Å². The monoisotopic (exact) mass is 413 g/mol. The van der Waals surface area contributed by atoms with Crippen molar-refractivity contribution in [3.63, 3.8) is 0 Å². The molecule has 0 spiro atoms. The number of benzene rings is 2. The number of halogens is 2. The van der Waals surface area contributed by atoms with E-state index in [2.05, 4.69) is 17.2 Å². The third kappa shape index (κ3) is 3.60. The van der Waals surface area contributed by atoms with Gasteiger partial charge in [-0.3, -0.25) is 4.79 Å². The molecule has 0 radical (unpaired) electrons. The highest BCUT2D eigenvalue weighted by Crippen LogP contribution is 2.39. The average molecular weight is 414 g/mol. The summed E-state index contributed by atoms with van der Waals surface area (Å²) in [6, 6.07) is 11.0. The zero-order chi connectivity index (χ0) is 20.7.